The van der Waals surface area contributed by atoms with Crippen LogP contribution in [0, 0.1) is 0 Å². The molecule has 6 nitrogen and oxygen atoms in total. The zero-order chi connectivity index (χ0) is 16.3. The van der Waals surface area contributed by atoms with Crippen LogP contribution in [0.1, 0.15) is 11.1 Å². The molecule has 23 heavy (non-hydrogen) atoms. The Morgan fingerprint density at radius 3 is 2.57 bits per heavy atom. The van der Waals surface area contributed by atoms with Crippen LogP contribution in [0.5, 0.6) is 0 Å². The molecule has 3 rings (SSSR count). The molecule has 0 amide bonds. The van der Waals surface area contributed by atoms with Crippen molar-refractivity contribution in [3.8, 4) is 0 Å². The number of nitrogens with zero attached hydrogens (tertiary/aromatic N) is 3. The molecular formula is C15H16N4O2S2. The molecule has 2 aromatic heterocycles. The highest BCUT2D eigenvalue weighted by Crippen LogP contribution is 2.20. The number of aromatic nitrogens is 3. The number of hydrogen-bond acceptors (Lipinski definition) is 7. The van der Waals surface area contributed by atoms with E-state index in [0.29, 0.717) is 0 Å². The fourth-order valence-corrected chi connectivity index (χ4v) is 3.68. The summed E-state index contributed by atoms with van der Waals surface area (Å²) in [6, 6.07) is 7.64. The number of thiazole rings is 1. The Bertz CT molecular complexity index is 905. The molecule has 3 aromatic rings. The molecular weight excluding hydrogens is 332 g/mol. The van der Waals surface area contributed by atoms with Crippen molar-refractivity contribution in [3.63, 3.8) is 0 Å². The van der Waals surface area contributed by atoms with Gasteiger partial charge in [-0.2, -0.15) is 0 Å². The fourth-order valence-electron chi connectivity index (χ4n) is 2.25. The van der Waals surface area contributed by atoms with Gasteiger partial charge in [0.1, 0.15) is 16.7 Å². The molecule has 0 saturated carbocycles. The van der Waals surface area contributed by atoms with Crippen LogP contribution in [0.15, 0.2) is 36.1 Å². The Balaban J connectivity index is 1.59. The van der Waals surface area contributed by atoms with Crippen LogP contribution >= 0.6 is 11.3 Å². The van der Waals surface area contributed by atoms with E-state index in [1.54, 1.807) is 5.51 Å². The van der Waals surface area contributed by atoms with E-state index in [2.05, 4.69) is 20.3 Å². The molecule has 1 aromatic carbocycles. The van der Waals surface area contributed by atoms with Crippen LogP contribution in [0.3, 0.4) is 0 Å². The van der Waals surface area contributed by atoms with Crippen molar-refractivity contribution >= 4 is 37.3 Å². The van der Waals surface area contributed by atoms with Crippen LogP contribution in [-0.2, 0) is 22.0 Å². The third-order valence-corrected chi connectivity index (χ3v) is 4.88. The van der Waals surface area contributed by atoms with Crippen LogP contribution in [0.4, 0.5) is 5.82 Å². The van der Waals surface area contributed by atoms with Gasteiger partial charge in [0.15, 0.2) is 15.7 Å². The molecule has 0 unspecified atom stereocenters. The Morgan fingerprint density at radius 1 is 1.09 bits per heavy atom. The normalized spacial score (nSPS) is 11.7. The lowest BCUT2D eigenvalue weighted by molar-refractivity contribution is 0.601. The number of nitrogens with one attached hydrogen (secondary N) is 1. The lowest BCUT2D eigenvalue weighted by atomic mass is 10.1. The summed E-state index contributed by atoms with van der Waals surface area (Å²) in [5, 5.41) is 3.27. The van der Waals surface area contributed by atoms with E-state index in [0.717, 1.165) is 40.3 Å². The minimum atomic E-state index is -2.99. The zero-order valence-corrected chi connectivity index (χ0v) is 14.2. The molecule has 0 radical (unpaired) electrons. The SMILES string of the molecule is CS(=O)(=O)Cc1ccc(CCNc2ncnc3scnc23)cc1. The van der Waals surface area contributed by atoms with Crippen molar-refractivity contribution < 1.29 is 8.42 Å². The van der Waals surface area contributed by atoms with Gasteiger partial charge in [0.05, 0.1) is 11.3 Å². The van der Waals surface area contributed by atoms with Gasteiger partial charge in [-0.25, -0.2) is 23.4 Å². The van der Waals surface area contributed by atoms with Gasteiger partial charge in [-0.1, -0.05) is 24.3 Å². The summed E-state index contributed by atoms with van der Waals surface area (Å²) in [5.74, 6) is 0.818. The molecule has 1 N–H and O–H groups in total. The fraction of sp³-hybridized carbons (Fsp3) is 0.267. The largest absolute Gasteiger partial charge is 0.368 e. The van der Waals surface area contributed by atoms with Gasteiger partial charge >= 0.3 is 0 Å². The summed E-state index contributed by atoms with van der Waals surface area (Å²) in [7, 11) is -2.99. The van der Waals surface area contributed by atoms with Crippen molar-refractivity contribution in [2.24, 2.45) is 0 Å². The second-order valence-electron chi connectivity index (χ2n) is 5.29. The Morgan fingerprint density at radius 2 is 1.83 bits per heavy atom. The van der Waals surface area contributed by atoms with Gasteiger partial charge in [-0.3, -0.25) is 0 Å². The number of rotatable bonds is 6. The molecule has 120 valence electrons. The minimum Gasteiger partial charge on any atom is -0.368 e. The van der Waals surface area contributed by atoms with E-state index in [-0.39, 0.29) is 5.75 Å². The molecule has 0 bridgehead atoms. The van der Waals surface area contributed by atoms with Crippen molar-refractivity contribution in [1.82, 2.24) is 15.0 Å². The van der Waals surface area contributed by atoms with Crippen molar-refractivity contribution in [2.75, 3.05) is 18.1 Å². The summed E-state index contributed by atoms with van der Waals surface area (Å²) < 4.78 is 22.5. The number of benzene rings is 1. The summed E-state index contributed by atoms with van der Waals surface area (Å²) in [5.41, 5.74) is 4.49. The van der Waals surface area contributed by atoms with E-state index < -0.39 is 9.84 Å². The zero-order valence-electron chi connectivity index (χ0n) is 12.6. The number of fused-ring (bicyclic) bond motifs is 1. The monoisotopic (exact) mass is 348 g/mol. The Kier molecular flexibility index (Phi) is 4.53. The highest BCUT2D eigenvalue weighted by atomic mass is 32.2. The molecule has 0 saturated heterocycles. The first kappa shape index (κ1) is 15.8. The van der Waals surface area contributed by atoms with Crippen molar-refractivity contribution in [3.05, 3.63) is 47.2 Å². The lowest BCUT2D eigenvalue weighted by Crippen LogP contribution is -2.07. The molecule has 8 heteroatoms. The van der Waals surface area contributed by atoms with Crippen molar-refractivity contribution in [2.45, 2.75) is 12.2 Å². The quantitative estimate of drug-likeness (QED) is 0.736. The maximum Gasteiger partial charge on any atom is 0.156 e. The first-order chi connectivity index (χ1) is 11.0. The number of sulfone groups is 1. The third-order valence-electron chi connectivity index (χ3n) is 3.29. The standard InChI is InChI=1S/C15H16N4O2S2/c1-23(20,21)8-12-4-2-11(3-5-12)6-7-16-14-13-15(18-9-17-14)22-10-19-13/h2-5,9-10H,6-8H2,1H3,(H,16,17,18). The maximum atomic E-state index is 11.3. The number of hydrogen-bond donors (Lipinski definition) is 1. The van der Waals surface area contributed by atoms with Gasteiger partial charge in [0, 0.05) is 12.8 Å². The van der Waals surface area contributed by atoms with E-state index in [1.807, 2.05) is 24.3 Å². The predicted octanol–water partition coefficient (Wildman–Crippen LogP) is 2.29. The van der Waals surface area contributed by atoms with Crippen LogP contribution in [0.25, 0.3) is 10.3 Å². The molecule has 0 aliphatic heterocycles. The molecule has 0 aliphatic rings. The Labute approximate surface area is 138 Å². The van der Waals surface area contributed by atoms with Gasteiger partial charge in [0.25, 0.3) is 0 Å². The summed E-state index contributed by atoms with van der Waals surface area (Å²) in [6.07, 6.45) is 3.59. The minimum absolute atomic E-state index is 0.0777. The van der Waals surface area contributed by atoms with E-state index in [4.69, 9.17) is 0 Å². The first-order valence-corrected chi connectivity index (χ1v) is 9.99. The Hall–Kier alpha value is -2.06. The molecule has 0 spiro atoms. The average Bonchev–Trinajstić information content (AvgIpc) is 2.97. The molecule has 2 heterocycles. The summed E-state index contributed by atoms with van der Waals surface area (Å²) >= 11 is 1.49. The topological polar surface area (TPSA) is 84.8 Å². The lowest BCUT2D eigenvalue weighted by Gasteiger charge is -2.07. The maximum absolute atomic E-state index is 11.3. The van der Waals surface area contributed by atoms with Gasteiger partial charge in [-0.05, 0) is 17.5 Å². The van der Waals surface area contributed by atoms with Gasteiger partial charge in [-0.15, -0.1) is 11.3 Å². The first-order valence-electron chi connectivity index (χ1n) is 7.05. The molecule has 0 fully saturated rings. The van der Waals surface area contributed by atoms with Gasteiger partial charge < -0.3 is 5.32 Å². The molecule has 0 atom stereocenters. The third kappa shape index (κ3) is 4.23. The summed E-state index contributed by atoms with van der Waals surface area (Å²) in [4.78, 5) is 13.5. The van der Waals surface area contributed by atoms with Gasteiger partial charge in [0.2, 0.25) is 0 Å². The second-order valence-corrected chi connectivity index (χ2v) is 8.27. The summed E-state index contributed by atoms with van der Waals surface area (Å²) in [6.45, 7) is 0.717. The number of anilines is 1. The predicted molar refractivity (Wildman–Crippen MR) is 92.4 cm³/mol. The smallest absolute Gasteiger partial charge is 0.156 e. The van der Waals surface area contributed by atoms with E-state index in [1.165, 1.54) is 23.9 Å². The van der Waals surface area contributed by atoms with Crippen LogP contribution in [-0.4, -0.2) is 36.2 Å². The van der Waals surface area contributed by atoms with E-state index >= 15 is 0 Å². The second kappa shape index (κ2) is 6.59. The van der Waals surface area contributed by atoms with Crippen LogP contribution < -0.4 is 5.32 Å². The highest BCUT2D eigenvalue weighted by molar-refractivity contribution is 7.89. The molecule has 0 aliphatic carbocycles. The van der Waals surface area contributed by atoms with Crippen molar-refractivity contribution in [1.29, 1.82) is 0 Å². The highest BCUT2D eigenvalue weighted by Gasteiger charge is 2.06. The van der Waals surface area contributed by atoms with E-state index in [9.17, 15) is 8.42 Å². The average molecular weight is 348 g/mol. The van der Waals surface area contributed by atoms with Crippen LogP contribution in [0.2, 0.25) is 0 Å².